The molecule has 3 rings (SSSR count). The molecule has 6 heteroatoms. The Morgan fingerprint density at radius 3 is 3.00 bits per heavy atom. The van der Waals surface area contributed by atoms with E-state index < -0.39 is 0 Å². The summed E-state index contributed by atoms with van der Waals surface area (Å²) in [4.78, 5) is 11.6. The van der Waals surface area contributed by atoms with Crippen LogP contribution in [0.1, 0.15) is 12.7 Å². The first-order chi connectivity index (χ1) is 10.3. The van der Waals surface area contributed by atoms with Gasteiger partial charge in [0, 0.05) is 15.9 Å². The molecule has 1 N–H and O–H groups in total. The Labute approximate surface area is 140 Å². The first-order valence-corrected chi connectivity index (χ1v) is 9.28. The van der Waals surface area contributed by atoms with Crippen LogP contribution in [-0.4, -0.2) is 16.5 Å². The molecule has 2 heterocycles. The van der Waals surface area contributed by atoms with Gasteiger partial charge in [-0.3, -0.25) is 0 Å². The maximum atomic E-state index is 4.65. The molecule has 0 fully saturated rings. The Kier molecular flexibility index (Phi) is 4.77. The Bertz CT molecular complexity index is 758. The summed E-state index contributed by atoms with van der Waals surface area (Å²) in [5, 5.41) is 6.49. The maximum Gasteiger partial charge on any atom is 0.142 e. The van der Waals surface area contributed by atoms with Gasteiger partial charge in [-0.15, -0.1) is 23.1 Å². The summed E-state index contributed by atoms with van der Waals surface area (Å²) >= 11 is 6.90. The average Bonchev–Trinajstić information content (AvgIpc) is 2.94. The number of rotatable bonds is 5. The van der Waals surface area contributed by atoms with Crippen LogP contribution in [0, 0.1) is 0 Å². The van der Waals surface area contributed by atoms with E-state index >= 15 is 0 Å². The third kappa shape index (κ3) is 3.56. The number of thioether (sulfide) groups is 1. The van der Waals surface area contributed by atoms with Gasteiger partial charge >= 0.3 is 0 Å². The van der Waals surface area contributed by atoms with Crippen molar-refractivity contribution >= 4 is 55.1 Å². The van der Waals surface area contributed by atoms with Crippen LogP contribution in [0.2, 0.25) is 0 Å². The minimum absolute atomic E-state index is 0.767. The molecule has 0 unspecified atom stereocenters. The Hall–Kier alpha value is -1.11. The number of aromatic nitrogens is 2. The van der Waals surface area contributed by atoms with Crippen molar-refractivity contribution in [3.05, 3.63) is 46.0 Å². The molecular weight excluding hydrogens is 366 g/mol. The van der Waals surface area contributed by atoms with E-state index in [4.69, 9.17) is 0 Å². The molecule has 0 aliphatic carbocycles. The van der Waals surface area contributed by atoms with E-state index in [0.29, 0.717) is 0 Å². The van der Waals surface area contributed by atoms with Crippen LogP contribution in [0.4, 0.5) is 5.82 Å². The van der Waals surface area contributed by atoms with E-state index in [2.05, 4.69) is 61.7 Å². The Morgan fingerprint density at radius 2 is 2.19 bits per heavy atom. The summed E-state index contributed by atoms with van der Waals surface area (Å²) in [6.07, 6.45) is 0. The van der Waals surface area contributed by atoms with Gasteiger partial charge in [0.1, 0.15) is 16.5 Å². The van der Waals surface area contributed by atoms with Gasteiger partial charge < -0.3 is 5.32 Å². The molecule has 0 atom stereocenters. The molecule has 0 saturated heterocycles. The highest BCUT2D eigenvalue weighted by molar-refractivity contribution is 9.10. The molecule has 2 aromatic heterocycles. The van der Waals surface area contributed by atoms with Crippen molar-refractivity contribution in [3.8, 4) is 0 Å². The molecule has 0 amide bonds. The van der Waals surface area contributed by atoms with Crippen LogP contribution in [0.5, 0.6) is 0 Å². The predicted molar refractivity (Wildman–Crippen MR) is 95.3 cm³/mol. The fraction of sp³-hybridized carbons (Fsp3) is 0.200. The molecular formula is C15H14BrN3S2. The van der Waals surface area contributed by atoms with E-state index in [9.17, 15) is 0 Å². The number of hydrogen-bond donors (Lipinski definition) is 1. The van der Waals surface area contributed by atoms with E-state index in [-0.39, 0.29) is 0 Å². The van der Waals surface area contributed by atoms with Gasteiger partial charge in [-0.25, -0.2) is 9.97 Å². The van der Waals surface area contributed by atoms with Crippen molar-refractivity contribution in [2.45, 2.75) is 17.6 Å². The molecule has 3 nitrogen and oxygen atoms in total. The van der Waals surface area contributed by atoms with E-state index in [1.165, 1.54) is 4.90 Å². The fourth-order valence-electron chi connectivity index (χ4n) is 1.97. The molecule has 0 spiro atoms. The van der Waals surface area contributed by atoms with Gasteiger partial charge in [0.05, 0.1) is 11.1 Å². The highest BCUT2D eigenvalue weighted by Crippen LogP contribution is 2.28. The highest BCUT2D eigenvalue weighted by atomic mass is 79.9. The lowest BCUT2D eigenvalue weighted by atomic mass is 10.3. The van der Waals surface area contributed by atoms with Gasteiger partial charge in [-0.05, 0) is 36.6 Å². The van der Waals surface area contributed by atoms with Gasteiger partial charge in [-0.1, -0.05) is 22.0 Å². The maximum absolute atomic E-state index is 4.65. The van der Waals surface area contributed by atoms with Gasteiger partial charge in [0.2, 0.25) is 0 Å². The minimum Gasteiger partial charge on any atom is -0.370 e. The van der Waals surface area contributed by atoms with Gasteiger partial charge in [-0.2, -0.15) is 0 Å². The number of thiophene rings is 1. The monoisotopic (exact) mass is 379 g/mol. The van der Waals surface area contributed by atoms with Crippen LogP contribution in [-0.2, 0) is 5.75 Å². The summed E-state index contributed by atoms with van der Waals surface area (Å²) in [6.45, 7) is 2.94. The number of fused-ring (bicyclic) bond motifs is 1. The zero-order chi connectivity index (χ0) is 14.7. The fourth-order valence-corrected chi connectivity index (χ4v) is 4.11. The SMILES string of the molecule is CCNc1nc(CSc2cccc(Br)c2)nc2sccc12. The molecule has 3 aromatic rings. The topological polar surface area (TPSA) is 37.8 Å². The third-order valence-corrected chi connectivity index (χ3v) is 5.17. The minimum atomic E-state index is 0.767. The zero-order valence-electron chi connectivity index (χ0n) is 11.5. The normalized spacial score (nSPS) is 11.0. The standard InChI is InChI=1S/C15H14BrN3S2/c1-2-17-14-12-6-7-20-15(12)19-13(18-14)9-21-11-5-3-4-10(16)8-11/h3-8H,2,9H2,1H3,(H,17,18,19). The number of anilines is 1. The molecule has 21 heavy (non-hydrogen) atoms. The van der Waals surface area contributed by atoms with E-state index in [0.717, 1.165) is 38.6 Å². The number of nitrogens with zero attached hydrogens (tertiary/aromatic N) is 2. The summed E-state index contributed by atoms with van der Waals surface area (Å²) < 4.78 is 1.09. The summed E-state index contributed by atoms with van der Waals surface area (Å²) in [7, 11) is 0. The van der Waals surface area contributed by atoms with Crippen molar-refractivity contribution in [1.29, 1.82) is 0 Å². The van der Waals surface area contributed by atoms with Crippen LogP contribution >= 0.6 is 39.0 Å². The van der Waals surface area contributed by atoms with Gasteiger partial charge in [0.25, 0.3) is 0 Å². The number of nitrogens with one attached hydrogen (secondary N) is 1. The first kappa shape index (κ1) is 14.8. The second-order valence-corrected chi connectivity index (χ2v) is 7.26. The molecule has 0 aliphatic heterocycles. The molecule has 0 saturated carbocycles. The van der Waals surface area contributed by atoms with E-state index in [1.54, 1.807) is 23.1 Å². The second kappa shape index (κ2) is 6.77. The van der Waals surface area contributed by atoms with Crippen LogP contribution in [0.15, 0.2) is 45.1 Å². The Balaban J connectivity index is 1.83. The summed E-state index contributed by atoms with van der Waals surface area (Å²) in [5.41, 5.74) is 0. The lowest BCUT2D eigenvalue weighted by Crippen LogP contribution is -2.03. The van der Waals surface area contributed by atoms with Crippen molar-refractivity contribution in [3.63, 3.8) is 0 Å². The first-order valence-electron chi connectivity index (χ1n) is 6.62. The molecule has 1 aromatic carbocycles. The van der Waals surface area contributed by atoms with Crippen molar-refractivity contribution in [2.24, 2.45) is 0 Å². The van der Waals surface area contributed by atoms with Crippen LogP contribution < -0.4 is 5.32 Å². The highest BCUT2D eigenvalue weighted by Gasteiger charge is 2.08. The largest absolute Gasteiger partial charge is 0.370 e. The lowest BCUT2D eigenvalue weighted by molar-refractivity contribution is 1.05. The van der Waals surface area contributed by atoms with E-state index in [1.807, 2.05) is 12.1 Å². The lowest BCUT2D eigenvalue weighted by Gasteiger charge is -2.07. The summed E-state index contributed by atoms with van der Waals surface area (Å²) in [6, 6.07) is 10.4. The Morgan fingerprint density at radius 1 is 1.29 bits per heavy atom. The number of hydrogen-bond acceptors (Lipinski definition) is 5. The van der Waals surface area contributed by atoms with Crippen molar-refractivity contribution in [2.75, 3.05) is 11.9 Å². The zero-order valence-corrected chi connectivity index (χ0v) is 14.7. The van der Waals surface area contributed by atoms with Crippen molar-refractivity contribution in [1.82, 2.24) is 9.97 Å². The number of halogens is 1. The smallest absolute Gasteiger partial charge is 0.142 e. The molecule has 108 valence electrons. The molecule has 0 bridgehead atoms. The predicted octanol–water partition coefficient (Wildman–Crippen LogP) is 5.18. The van der Waals surface area contributed by atoms with Gasteiger partial charge in [0.15, 0.2) is 0 Å². The summed E-state index contributed by atoms with van der Waals surface area (Å²) in [5.74, 6) is 2.57. The molecule has 0 radical (unpaired) electrons. The van der Waals surface area contributed by atoms with Crippen LogP contribution in [0.3, 0.4) is 0 Å². The quantitative estimate of drug-likeness (QED) is 0.619. The average molecular weight is 380 g/mol. The number of benzene rings is 1. The molecule has 0 aliphatic rings. The van der Waals surface area contributed by atoms with Crippen LogP contribution in [0.25, 0.3) is 10.2 Å². The van der Waals surface area contributed by atoms with Crippen molar-refractivity contribution < 1.29 is 0 Å². The third-order valence-electron chi connectivity index (χ3n) is 2.88. The second-order valence-electron chi connectivity index (χ2n) is 4.40.